The van der Waals surface area contributed by atoms with Gasteiger partial charge in [-0.3, -0.25) is 9.59 Å². The third-order valence-electron chi connectivity index (χ3n) is 3.81. The summed E-state index contributed by atoms with van der Waals surface area (Å²) in [5.74, 6) is 0.351. The van der Waals surface area contributed by atoms with Gasteiger partial charge in [0.1, 0.15) is 17.2 Å². The summed E-state index contributed by atoms with van der Waals surface area (Å²) in [5.41, 5.74) is 0. The van der Waals surface area contributed by atoms with E-state index in [0.717, 1.165) is 6.42 Å². The smallest absolute Gasteiger partial charge is 0.330 e. The molecule has 138 valence electrons. The Hall–Kier alpha value is -1.96. The van der Waals surface area contributed by atoms with Crippen LogP contribution < -0.4 is 5.32 Å². The first-order valence-electron chi connectivity index (χ1n) is 8.27. The summed E-state index contributed by atoms with van der Waals surface area (Å²) in [4.78, 5) is 37.5. The van der Waals surface area contributed by atoms with Gasteiger partial charge < -0.3 is 19.4 Å². The van der Waals surface area contributed by atoms with Gasteiger partial charge in [-0.15, -0.1) is 11.8 Å². The van der Waals surface area contributed by atoms with E-state index in [-0.39, 0.29) is 23.8 Å². The van der Waals surface area contributed by atoms with Crippen LogP contribution in [-0.4, -0.2) is 47.6 Å². The number of furan rings is 1. The minimum Gasteiger partial charge on any atom is -0.466 e. The number of amides is 2. The minimum atomic E-state index is -0.721. The molecule has 8 heteroatoms. The van der Waals surface area contributed by atoms with Gasteiger partial charge >= 0.3 is 5.97 Å². The maximum Gasteiger partial charge on any atom is 0.330 e. The standard InChI is InChI=1S/C17H24N2O5S/c1-11(2)6-7-18-15(21)9-24-17(22)13-10-25-16(19(13)12(3)20)14-5-4-8-23-14/h4-5,8,11,13,16H,6-7,9-10H2,1-3H3,(H,18,21)/t13-,16-/m1/s1. The van der Waals surface area contributed by atoms with Crippen LogP contribution in [0.15, 0.2) is 22.8 Å². The van der Waals surface area contributed by atoms with E-state index in [1.807, 2.05) is 0 Å². The first-order chi connectivity index (χ1) is 11.9. The van der Waals surface area contributed by atoms with Crippen LogP contribution in [0.2, 0.25) is 0 Å². The van der Waals surface area contributed by atoms with Crippen molar-refractivity contribution in [3.8, 4) is 0 Å². The second-order valence-electron chi connectivity index (χ2n) is 6.28. The zero-order valence-corrected chi connectivity index (χ0v) is 15.5. The fourth-order valence-corrected chi connectivity index (χ4v) is 3.92. The molecule has 2 amide bonds. The molecule has 7 nitrogen and oxygen atoms in total. The normalized spacial score (nSPS) is 19.9. The van der Waals surface area contributed by atoms with E-state index in [0.29, 0.717) is 24.0 Å². The molecule has 0 aromatic carbocycles. The molecule has 0 spiro atoms. The van der Waals surface area contributed by atoms with Crippen LogP contribution in [0.25, 0.3) is 0 Å². The molecule has 0 bridgehead atoms. The van der Waals surface area contributed by atoms with Gasteiger partial charge in [0, 0.05) is 19.2 Å². The lowest BCUT2D eigenvalue weighted by Gasteiger charge is -2.25. The van der Waals surface area contributed by atoms with E-state index in [9.17, 15) is 14.4 Å². The van der Waals surface area contributed by atoms with E-state index in [2.05, 4.69) is 19.2 Å². The molecule has 1 aromatic rings. The second-order valence-corrected chi connectivity index (χ2v) is 7.40. The molecule has 0 saturated carbocycles. The van der Waals surface area contributed by atoms with Gasteiger partial charge in [0.05, 0.1) is 6.26 Å². The number of carbonyl (C=O) groups excluding carboxylic acids is 3. The van der Waals surface area contributed by atoms with E-state index in [1.54, 1.807) is 12.1 Å². The molecule has 2 rings (SSSR count). The van der Waals surface area contributed by atoms with Crippen molar-refractivity contribution in [1.29, 1.82) is 0 Å². The number of hydrogen-bond acceptors (Lipinski definition) is 6. The van der Waals surface area contributed by atoms with Crippen molar-refractivity contribution in [2.45, 2.75) is 38.6 Å². The lowest BCUT2D eigenvalue weighted by Crippen LogP contribution is -2.43. The summed E-state index contributed by atoms with van der Waals surface area (Å²) in [6, 6.07) is 2.78. The SMILES string of the molecule is CC(=O)N1[C@@H](C(=O)OCC(=O)NCCC(C)C)CS[C@@H]1c1ccco1. The maximum atomic E-state index is 12.3. The lowest BCUT2D eigenvalue weighted by molar-refractivity contribution is -0.156. The van der Waals surface area contributed by atoms with Crippen molar-refractivity contribution < 1.29 is 23.5 Å². The monoisotopic (exact) mass is 368 g/mol. The Kier molecular flexibility index (Phi) is 6.92. The summed E-state index contributed by atoms with van der Waals surface area (Å²) in [6.07, 6.45) is 2.39. The molecule has 2 atom stereocenters. The van der Waals surface area contributed by atoms with Crippen LogP contribution in [-0.2, 0) is 19.1 Å². The van der Waals surface area contributed by atoms with Crippen LogP contribution in [0.5, 0.6) is 0 Å². The van der Waals surface area contributed by atoms with Crippen LogP contribution in [0.4, 0.5) is 0 Å². The topological polar surface area (TPSA) is 88.8 Å². The van der Waals surface area contributed by atoms with Gasteiger partial charge in [0.15, 0.2) is 6.61 Å². The number of hydrogen-bond donors (Lipinski definition) is 1. The van der Waals surface area contributed by atoms with Gasteiger partial charge in [-0.1, -0.05) is 13.8 Å². The largest absolute Gasteiger partial charge is 0.466 e. The Morgan fingerprint density at radius 2 is 2.20 bits per heavy atom. The van der Waals surface area contributed by atoms with Gasteiger partial charge in [0.25, 0.3) is 5.91 Å². The summed E-state index contributed by atoms with van der Waals surface area (Å²) >= 11 is 1.43. The molecule has 2 heterocycles. The number of nitrogens with one attached hydrogen (secondary N) is 1. The molecule has 1 aromatic heterocycles. The average molecular weight is 368 g/mol. The Morgan fingerprint density at radius 1 is 1.44 bits per heavy atom. The molecule has 1 aliphatic rings. The van der Waals surface area contributed by atoms with E-state index >= 15 is 0 Å². The fourth-order valence-electron chi connectivity index (χ4n) is 2.51. The van der Waals surface area contributed by atoms with Crippen molar-refractivity contribution in [1.82, 2.24) is 10.2 Å². The molecule has 0 aliphatic carbocycles. The average Bonchev–Trinajstić information content (AvgIpc) is 3.20. The molecular weight excluding hydrogens is 344 g/mol. The summed E-state index contributed by atoms with van der Waals surface area (Å²) in [6.45, 7) is 5.74. The zero-order chi connectivity index (χ0) is 18.4. The molecule has 0 unspecified atom stereocenters. The fraction of sp³-hybridized carbons (Fsp3) is 0.588. The first-order valence-corrected chi connectivity index (χ1v) is 9.32. The Morgan fingerprint density at radius 3 is 2.80 bits per heavy atom. The number of ether oxygens (including phenoxy) is 1. The van der Waals surface area contributed by atoms with Gasteiger partial charge in [-0.2, -0.15) is 0 Å². The molecular formula is C17H24N2O5S. The molecule has 0 radical (unpaired) electrons. The van der Waals surface area contributed by atoms with Crippen LogP contribution in [0, 0.1) is 5.92 Å². The number of rotatable bonds is 7. The second kappa shape index (κ2) is 8.94. The molecule has 1 aliphatic heterocycles. The highest BCUT2D eigenvalue weighted by atomic mass is 32.2. The Bertz CT molecular complexity index is 602. The highest BCUT2D eigenvalue weighted by molar-refractivity contribution is 7.99. The molecule has 1 fully saturated rings. The number of thioether (sulfide) groups is 1. The van der Waals surface area contributed by atoms with Crippen molar-refractivity contribution in [3.05, 3.63) is 24.2 Å². The van der Waals surface area contributed by atoms with Crippen molar-refractivity contribution in [2.24, 2.45) is 5.92 Å². The summed E-state index contributed by atoms with van der Waals surface area (Å²) < 4.78 is 10.5. The number of nitrogens with zero attached hydrogens (tertiary/aromatic N) is 1. The molecule has 1 saturated heterocycles. The first kappa shape index (κ1) is 19.4. The summed E-state index contributed by atoms with van der Waals surface area (Å²) in [5, 5.41) is 2.35. The molecule has 25 heavy (non-hydrogen) atoms. The highest BCUT2D eigenvalue weighted by Gasteiger charge is 2.43. The van der Waals surface area contributed by atoms with E-state index < -0.39 is 12.0 Å². The summed E-state index contributed by atoms with van der Waals surface area (Å²) in [7, 11) is 0. The third-order valence-corrected chi connectivity index (χ3v) is 5.10. The number of esters is 1. The van der Waals surface area contributed by atoms with E-state index in [1.165, 1.54) is 29.8 Å². The van der Waals surface area contributed by atoms with E-state index in [4.69, 9.17) is 9.15 Å². The quantitative estimate of drug-likeness (QED) is 0.740. The van der Waals surface area contributed by atoms with Crippen molar-refractivity contribution in [2.75, 3.05) is 18.9 Å². The predicted molar refractivity (Wildman–Crippen MR) is 93.6 cm³/mol. The Labute approximate surface area is 151 Å². The predicted octanol–water partition coefficient (Wildman–Crippen LogP) is 1.95. The van der Waals surface area contributed by atoms with Crippen molar-refractivity contribution >= 4 is 29.5 Å². The van der Waals surface area contributed by atoms with Crippen LogP contribution in [0.1, 0.15) is 38.3 Å². The minimum absolute atomic E-state index is 0.241. The van der Waals surface area contributed by atoms with Crippen LogP contribution >= 0.6 is 11.8 Å². The zero-order valence-electron chi connectivity index (χ0n) is 14.7. The van der Waals surface area contributed by atoms with Gasteiger partial charge in [-0.05, 0) is 24.5 Å². The third kappa shape index (κ3) is 5.26. The highest BCUT2D eigenvalue weighted by Crippen LogP contribution is 2.41. The lowest BCUT2D eigenvalue weighted by atomic mass is 10.1. The van der Waals surface area contributed by atoms with Gasteiger partial charge in [0.2, 0.25) is 5.91 Å². The maximum absolute atomic E-state index is 12.3. The number of carbonyl (C=O) groups is 3. The van der Waals surface area contributed by atoms with Crippen LogP contribution in [0.3, 0.4) is 0 Å². The van der Waals surface area contributed by atoms with Gasteiger partial charge in [-0.25, -0.2) is 4.79 Å². The molecule has 1 N–H and O–H groups in total. The van der Waals surface area contributed by atoms with Crippen molar-refractivity contribution in [3.63, 3.8) is 0 Å². The Balaban J connectivity index is 1.88.